The molecule has 5 nitrogen and oxygen atoms in total. The van der Waals surface area contributed by atoms with Gasteiger partial charge in [0.15, 0.2) is 17.1 Å². The van der Waals surface area contributed by atoms with Gasteiger partial charge in [-0.25, -0.2) is 4.79 Å². The number of hydrogen-bond donors (Lipinski definition) is 0. The van der Waals surface area contributed by atoms with Gasteiger partial charge >= 0.3 is 5.97 Å². The third-order valence-corrected chi connectivity index (χ3v) is 7.18. The minimum atomic E-state index is -1.15. The lowest BCUT2D eigenvalue weighted by atomic mass is 9.75. The summed E-state index contributed by atoms with van der Waals surface area (Å²) in [7, 11) is 0. The zero-order valence-corrected chi connectivity index (χ0v) is 19.5. The van der Waals surface area contributed by atoms with Crippen LogP contribution in [0.1, 0.15) is 28.4 Å². The summed E-state index contributed by atoms with van der Waals surface area (Å²) in [6.07, 6.45) is 1.84. The maximum atomic E-state index is 12.8. The Morgan fingerprint density at radius 2 is 1.93 bits per heavy atom. The molecule has 0 saturated heterocycles. The molecule has 1 aliphatic carbocycles. The molecule has 1 spiro atoms. The van der Waals surface area contributed by atoms with Crippen molar-refractivity contribution in [2.24, 2.45) is 0 Å². The highest BCUT2D eigenvalue weighted by Gasteiger charge is 2.56. The molecule has 2 aromatic carbocycles. The second-order valence-electron chi connectivity index (χ2n) is 6.80. The predicted molar refractivity (Wildman–Crippen MR) is 123 cm³/mol. The van der Waals surface area contributed by atoms with E-state index in [9.17, 15) is 9.59 Å². The molecule has 0 bridgehead atoms. The summed E-state index contributed by atoms with van der Waals surface area (Å²) >= 11 is 4.12. The van der Waals surface area contributed by atoms with Gasteiger partial charge < -0.3 is 14.2 Å². The standard InChI is InChI=1S/C22H14I2O5/c1-2-27-11-7-8-14-17(9-11)28-20-15(10-16(23)19(25)18(20)24)22(14)13-6-4-3-5-12(13)21(26)29-22/h3-10,16H,2H2,1H3. The molecule has 2 unspecified atom stereocenters. The van der Waals surface area contributed by atoms with Gasteiger partial charge in [0, 0.05) is 22.8 Å². The largest absolute Gasteiger partial charge is 0.494 e. The number of fused-ring (bicyclic) bond motifs is 6. The zero-order chi connectivity index (χ0) is 20.3. The lowest BCUT2D eigenvalue weighted by Crippen LogP contribution is -2.39. The second kappa shape index (κ2) is 6.83. The van der Waals surface area contributed by atoms with E-state index in [1.807, 2.05) is 65.9 Å². The lowest BCUT2D eigenvalue weighted by Gasteiger charge is -2.40. The summed E-state index contributed by atoms with van der Waals surface area (Å²) in [6.45, 7) is 2.42. The van der Waals surface area contributed by atoms with E-state index in [-0.39, 0.29) is 15.7 Å². The van der Waals surface area contributed by atoms with Crippen LogP contribution in [0.4, 0.5) is 0 Å². The van der Waals surface area contributed by atoms with Crippen LogP contribution < -0.4 is 9.47 Å². The number of rotatable bonds is 2. The predicted octanol–water partition coefficient (Wildman–Crippen LogP) is 4.85. The van der Waals surface area contributed by atoms with Gasteiger partial charge in [0.25, 0.3) is 0 Å². The minimum absolute atomic E-state index is 0.0258. The molecule has 0 amide bonds. The Kier molecular flexibility index (Phi) is 4.50. The topological polar surface area (TPSA) is 61.8 Å². The Morgan fingerprint density at radius 3 is 2.72 bits per heavy atom. The molecule has 0 N–H and O–H groups in total. The van der Waals surface area contributed by atoms with E-state index in [0.717, 1.165) is 11.1 Å². The molecule has 0 radical (unpaired) electrons. The number of halogens is 2. The van der Waals surface area contributed by atoms with Gasteiger partial charge in [-0.1, -0.05) is 46.9 Å². The molecule has 0 saturated carbocycles. The van der Waals surface area contributed by atoms with Crippen LogP contribution in [0.25, 0.3) is 0 Å². The number of carbonyl (C=O) groups excluding carboxylic acids is 2. The number of allylic oxidation sites excluding steroid dienone is 2. The summed E-state index contributed by atoms with van der Waals surface area (Å²) in [5.41, 5.74) is 1.53. The first kappa shape index (κ1) is 19.1. The quantitative estimate of drug-likeness (QED) is 0.276. The Morgan fingerprint density at radius 1 is 1.14 bits per heavy atom. The van der Waals surface area contributed by atoms with E-state index in [0.29, 0.717) is 38.6 Å². The molecule has 2 heterocycles. The van der Waals surface area contributed by atoms with Crippen molar-refractivity contribution in [1.29, 1.82) is 0 Å². The second-order valence-corrected chi connectivity index (χ2v) is 9.22. The normalized spacial score (nSPS) is 24.4. The third-order valence-electron chi connectivity index (χ3n) is 5.23. The summed E-state index contributed by atoms with van der Waals surface area (Å²) in [4.78, 5) is 25.5. The average Bonchev–Trinajstić information content (AvgIpc) is 3.01. The molecule has 0 aromatic heterocycles. The first-order chi connectivity index (χ1) is 14.0. The van der Waals surface area contributed by atoms with E-state index in [1.165, 1.54) is 0 Å². The van der Waals surface area contributed by atoms with Gasteiger partial charge in [-0.3, -0.25) is 4.79 Å². The molecule has 3 aliphatic rings. The molecule has 146 valence electrons. The fraction of sp³-hybridized carbons (Fsp3) is 0.182. The summed E-state index contributed by atoms with van der Waals surface area (Å²) in [5.74, 6) is 1.19. The zero-order valence-electron chi connectivity index (χ0n) is 15.2. The highest BCUT2D eigenvalue weighted by molar-refractivity contribution is 14.1. The van der Waals surface area contributed by atoms with E-state index in [4.69, 9.17) is 14.2 Å². The summed E-state index contributed by atoms with van der Waals surface area (Å²) in [6, 6.07) is 12.9. The van der Waals surface area contributed by atoms with Crippen LogP contribution in [-0.2, 0) is 15.1 Å². The number of benzene rings is 2. The highest BCUT2D eigenvalue weighted by Crippen LogP contribution is 2.57. The van der Waals surface area contributed by atoms with Gasteiger partial charge in [-0.15, -0.1) is 0 Å². The lowest BCUT2D eigenvalue weighted by molar-refractivity contribution is -0.113. The fourth-order valence-electron chi connectivity index (χ4n) is 4.03. The number of ketones is 1. The molecule has 2 aliphatic heterocycles. The third kappa shape index (κ3) is 2.62. The van der Waals surface area contributed by atoms with Gasteiger partial charge in [0.2, 0.25) is 0 Å². The first-order valence-electron chi connectivity index (χ1n) is 9.06. The summed E-state index contributed by atoms with van der Waals surface area (Å²) < 4.78 is 18.1. The van der Waals surface area contributed by atoms with Crippen molar-refractivity contribution in [1.82, 2.24) is 0 Å². The Hall–Kier alpha value is -1.88. The van der Waals surface area contributed by atoms with Crippen LogP contribution in [0, 0.1) is 0 Å². The van der Waals surface area contributed by atoms with Gasteiger partial charge in [-0.05, 0) is 47.7 Å². The van der Waals surface area contributed by atoms with Gasteiger partial charge in [0.1, 0.15) is 15.1 Å². The van der Waals surface area contributed by atoms with Gasteiger partial charge in [0.05, 0.1) is 16.1 Å². The number of esters is 1. The molecule has 5 rings (SSSR count). The van der Waals surface area contributed by atoms with E-state index in [2.05, 4.69) is 22.6 Å². The number of carbonyl (C=O) groups is 2. The van der Waals surface area contributed by atoms with E-state index >= 15 is 0 Å². The molecule has 0 fully saturated rings. The smallest absolute Gasteiger partial charge is 0.340 e. The summed E-state index contributed by atoms with van der Waals surface area (Å²) in [5, 5.41) is 0. The van der Waals surface area contributed by atoms with Crippen LogP contribution in [0.3, 0.4) is 0 Å². The van der Waals surface area contributed by atoms with Crippen molar-refractivity contribution in [3.05, 3.63) is 80.1 Å². The molecule has 2 aromatic rings. The van der Waals surface area contributed by atoms with Crippen LogP contribution in [0.2, 0.25) is 0 Å². The van der Waals surface area contributed by atoms with Crippen molar-refractivity contribution < 1.29 is 23.8 Å². The van der Waals surface area contributed by atoms with Crippen LogP contribution in [0.15, 0.2) is 63.5 Å². The number of hydrogen-bond acceptors (Lipinski definition) is 5. The molecule has 29 heavy (non-hydrogen) atoms. The molecule has 7 heteroatoms. The Bertz CT molecular complexity index is 1150. The number of Topliss-reactive ketones (excluding diaryl/α,β-unsaturated/α-hetero) is 1. The van der Waals surface area contributed by atoms with Crippen LogP contribution in [-0.4, -0.2) is 22.3 Å². The average molecular weight is 612 g/mol. The Labute approximate surface area is 194 Å². The monoisotopic (exact) mass is 612 g/mol. The molecule has 2 atom stereocenters. The molecular formula is C22H14I2O5. The van der Waals surface area contributed by atoms with E-state index in [1.54, 1.807) is 12.1 Å². The van der Waals surface area contributed by atoms with Crippen molar-refractivity contribution in [2.75, 3.05) is 6.61 Å². The van der Waals surface area contributed by atoms with Crippen LogP contribution >= 0.6 is 45.2 Å². The first-order valence-corrected chi connectivity index (χ1v) is 11.4. The number of ether oxygens (including phenoxy) is 3. The Balaban J connectivity index is 1.85. The van der Waals surface area contributed by atoms with Crippen molar-refractivity contribution >= 4 is 56.9 Å². The maximum absolute atomic E-state index is 12.8. The van der Waals surface area contributed by atoms with Crippen molar-refractivity contribution in [2.45, 2.75) is 16.4 Å². The van der Waals surface area contributed by atoms with Crippen molar-refractivity contribution in [3.63, 3.8) is 0 Å². The highest BCUT2D eigenvalue weighted by atomic mass is 127. The van der Waals surface area contributed by atoms with Crippen molar-refractivity contribution in [3.8, 4) is 11.5 Å². The van der Waals surface area contributed by atoms with Gasteiger partial charge in [-0.2, -0.15) is 0 Å². The SMILES string of the molecule is CCOc1ccc2c(c1)OC1=C(I)C(=O)C(I)C=C1C21OC(=O)c2ccccc21. The van der Waals surface area contributed by atoms with Crippen LogP contribution in [0.5, 0.6) is 11.5 Å². The fourth-order valence-corrected chi connectivity index (χ4v) is 6.04. The minimum Gasteiger partial charge on any atom is -0.494 e. The molecular weight excluding hydrogens is 598 g/mol. The maximum Gasteiger partial charge on any atom is 0.340 e. The number of alkyl halides is 1. The van der Waals surface area contributed by atoms with E-state index < -0.39 is 5.60 Å².